The first-order chi connectivity index (χ1) is 22.7. The van der Waals surface area contributed by atoms with Gasteiger partial charge in [-0.15, -0.1) is 0 Å². The molecule has 0 fully saturated rings. The first-order valence-corrected chi connectivity index (χ1v) is 15.4. The van der Waals surface area contributed by atoms with E-state index in [1.165, 1.54) is 22.3 Å². The Balaban J connectivity index is 1.34. The van der Waals surface area contributed by atoms with Crippen LogP contribution in [-0.2, 0) is 0 Å². The Hall–Kier alpha value is -6.30. The first kappa shape index (κ1) is 27.3. The molecule has 0 amide bonds. The Labute approximate surface area is 268 Å². The van der Waals surface area contributed by atoms with Crippen LogP contribution in [0.4, 0.5) is 0 Å². The van der Waals surface area contributed by atoms with E-state index in [9.17, 15) is 5.26 Å². The second-order valence-electron chi connectivity index (χ2n) is 11.5. The summed E-state index contributed by atoms with van der Waals surface area (Å²) in [5, 5.41) is 13.1. The summed E-state index contributed by atoms with van der Waals surface area (Å²) >= 11 is 0. The summed E-state index contributed by atoms with van der Waals surface area (Å²) in [6.45, 7) is 0. The number of hydrogen-bond acceptors (Lipinski definition) is 2. The molecule has 0 saturated carbocycles. The van der Waals surface area contributed by atoms with Gasteiger partial charge in [0.2, 0.25) is 0 Å². The lowest BCUT2D eigenvalue weighted by molar-refractivity contribution is 1.40. The van der Waals surface area contributed by atoms with Gasteiger partial charge in [-0.3, -0.25) is 0 Å². The molecule has 2 heteroatoms. The van der Waals surface area contributed by atoms with Gasteiger partial charge in [0.1, 0.15) is 0 Å². The van der Waals surface area contributed by atoms with E-state index in [0.717, 1.165) is 55.2 Å². The van der Waals surface area contributed by atoms with Crippen molar-refractivity contribution in [3.63, 3.8) is 0 Å². The first-order valence-electron chi connectivity index (χ1n) is 15.4. The molecule has 0 unspecified atom stereocenters. The number of nitrogens with zero attached hydrogens (tertiary/aromatic N) is 2. The molecule has 2 nitrogen and oxygen atoms in total. The molecule has 8 rings (SSSR count). The molecule has 214 valence electrons. The molecule has 0 aliphatic rings. The molecule has 0 radical (unpaired) electrons. The highest BCUT2D eigenvalue weighted by atomic mass is 14.7. The highest BCUT2D eigenvalue weighted by Gasteiger charge is 2.16. The zero-order valence-electron chi connectivity index (χ0n) is 25.1. The summed E-state index contributed by atoms with van der Waals surface area (Å²) in [7, 11) is 0. The van der Waals surface area contributed by atoms with Gasteiger partial charge in [0.15, 0.2) is 0 Å². The van der Waals surface area contributed by atoms with Crippen molar-refractivity contribution in [2.75, 3.05) is 0 Å². The van der Waals surface area contributed by atoms with Crippen LogP contribution in [0.15, 0.2) is 170 Å². The maximum absolute atomic E-state index is 9.75. The van der Waals surface area contributed by atoms with Gasteiger partial charge < -0.3 is 0 Å². The smallest absolute Gasteiger partial charge is 0.0991 e. The quantitative estimate of drug-likeness (QED) is 0.189. The lowest BCUT2D eigenvalue weighted by Crippen LogP contribution is -1.94. The highest BCUT2D eigenvalue weighted by Crippen LogP contribution is 2.41. The Kier molecular flexibility index (Phi) is 6.91. The van der Waals surface area contributed by atoms with Crippen LogP contribution in [0, 0.1) is 11.3 Å². The molecular weight excluding hydrogens is 556 g/mol. The maximum Gasteiger partial charge on any atom is 0.0991 e. The number of benzene rings is 7. The average Bonchev–Trinajstić information content (AvgIpc) is 3.15. The normalized spacial score (nSPS) is 11.0. The van der Waals surface area contributed by atoms with Crippen molar-refractivity contribution in [2.45, 2.75) is 0 Å². The molecule has 1 heterocycles. The van der Waals surface area contributed by atoms with Crippen molar-refractivity contribution in [3.05, 3.63) is 175 Å². The fraction of sp³-hybridized carbons (Fsp3) is 0. The number of aromatic nitrogens is 1. The predicted octanol–water partition coefficient (Wildman–Crippen LogP) is 11.6. The Bertz CT molecular complexity index is 2380. The van der Waals surface area contributed by atoms with Crippen molar-refractivity contribution >= 4 is 21.7 Å². The minimum absolute atomic E-state index is 0.633. The second-order valence-corrected chi connectivity index (χ2v) is 11.5. The monoisotopic (exact) mass is 584 g/mol. The van der Waals surface area contributed by atoms with Crippen LogP contribution in [0.25, 0.3) is 77.4 Å². The topological polar surface area (TPSA) is 36.7 Å². The molecule has 0 N–H and O–H groups in total. The maximum atomic E-state index is 9.75. The largest absolute Gasteiger partial charge is 0.247 e. The van der Waals surface area contributed by atoms with Crippen molar-refractivity contribution in [2.24, 2.45) is 0 Å². The Morgan fingerprint density at radius 3 is 1.50 bits per heavy atom. The predicted molar refractivity (Wildman–Crippen MR) is 191 cm³/mol. The molecule has 0 saturated heterocycles. The minimum atomic E-state index is 0.633. The van der Waals surface area contributed by atoms with E-state index in [1.54, 1.807) is 0 Å². The molecule has 8 aromatic rings. The Morgan fingerprint density at radius 2 is 0.870 bits per heavy atom. The van der Waals surface area contributed by atoms with Crippen LogP contribution in [0.1, 0.15) is 5.56 Å². The van der Waals surface area contributed by atoms with Crippen LogP contribution in [0.3, 0.4) is 0 Å². The molecule has 0 spiro atoms. The van der Waals surface area contributed by atoms with Gasteiger partial charge in [-0.1, -0.05) is 146 Å². The van der Waals surface area contributed by atoms with E-state index in [2.05, 4.69) is 146 Å². The molecule has 0 bridgehead atoms. The standard InChI is InChI=1S/C44H28N2/c45-29-30-10-9-15-37(26-30)41-28-43(36-24-20-34(21-25-36)32-13-5-2-6-14-32)46-44-39-17-8-7-16-38(39)40(27-42(41)44)35-22-18-33(19-23-35)31-11-3-1-4-12-31/h1-28H. The lowest BCUT2D eigenvalue weighted by Gasteiger charge is -2.16. The van der Waals surface area contributed by atoms with Crippen molar-refractivity contribution in [1.29, 1.82) is 5.26 Å². The summed E-state index contributed by atoms with van der Waals surface area (Å²) in [6, 6.07) is 61.5. The van der Waals surface area contributed by atoms with Gasteiger partial charge in [-0.2, -0.15) is 5.26 Å². The van der Waals surface area contributed by atoms with Crippen LogP contribution in [-0.4, -0.2) is 4.98 Å². The second kappa shape index (κ2) is 11.7. The van der Waals surface area contributed by atoms with Crippen molar-refractivity contribution in [1.82, 2.24) is 4.98 Å². The molecule has 7 aromatic carbocycles. The highest BCUT2D eigenvalue weighted by molar-refractivity contribution is 6.16. The van der Waals surface area contributed by atoms with Crippen molar-refractivity contribution < 1.29 is 0 Å². The molecular formula is C44H28N2. The SMILES string of the molecule is N#Cc1cccc(-c2cc(-c3ccc(-c4ccccc4)cc3)nc3c2cc(-c2ccc(-c4ccccc4)cc2)c2ccccc23)c1. The Morgan fingerprint density at radius 1 is 0.370 bits per heavy atom. The lowest BCUT2D eigenvalue weighted by atomic mass is 9.90. The van der Waals surface area contributed by atoms with Crippen molar-refractivity contribution in [3.8, 4) is 61.8 Å². The van der Waals surface area contributed by atoms with Gasteiger partial charge in [-0.25, -0.2) is 4.98 Å². The van der Waals surface area contributed by atoms with E-state index in [1.807, 2.05) is 30.3 Å². The van der Waals surface area contributed by atoms with E-state index < -0.39 is 0 Å². The zero-order valence-corrected chi connectivity index (χ0v) is 25.1. The third-order valence-electron chi connectivity index (χ3n) is 8.71. The summed E-state index contributed by atoms with van der Waals surface area (Å²) in [5.41, 5.74) is 12.6. The summed E-state index contributed by atoms with van der Waals surface area (Å²) in [6.07, 6.45) is 0. The molecule has 0 atom stereocenters. The van der Waals surface area contributed by atoms with Crippen LogP contribution in [0.2, 0.25) is 0 Å². The number of pyridine rings is 1. The number of rotatable bonds is 5. The number of nitriles is 1. The van der Waals surface area contributed by atoms with Gasteiger partial charge >= 0.3 is 0 Å². The van der Waals surface area contributed by atoms with Crippen LogP contribution < -0.4 is 0 Å². The molecule has 0 aliphatic heterocycles. The van der Waals surface area contributed by atoms with E-state index in [0.29, 0.717) is 5.56 Å². The molecule has 0 aliphatic carbocycles. The third kappa shape index (κ3) is 5.01. The van der Waals surface area contributed by atoms with Gasteiger partial charge in [0, 0.05) is 16.3 Å². The van der Waals surface area contributed by atoms with Crippen LogP contribution in [0.5, 0.6) is 0 Å². The van der Waals surface area contributed by atoms with Gasteiger partial charge in [0.25, 0.3) is 0 Å². The van der Waals surface area contributed by atoms with Gasteiger partial charge in [0.05, 0.1) is 22.8 Å². The fourth-order valence-electron chi connectivity index (χ4n) is 6.37. The average molecular weight is 585 g/mol. The fourth-order valence-corrected chi connectivity index (χ4v) is 6.37. The summed E-state index contributed by atoms with van der Waals surface area (Å²) in [5.74, 6) is 0. The van der Waals surface area contributed by atoms with E-state index >= 15 is 0 Å². The van der Waals surface area contributed by atoms with Crippen LogP contribution >= 0.6 is 0 Å². The third-order valence-corrected chi connectivity index (χ3v) is 8.71. The van der Waals surface area contributed by atoms with E-state index in [-0.39, 0.29) is 0 Å². The summed E-state index contributed by atoms with van der Waals surface area (Å²) < 4.78 is 0. The van der Waals surface area contributed by atoms with E-state index in [4.69, 9.17) is 4.98 Å². The number of hydrogen-bond donors (Lipinski definition) is 0. The number of fused-ring (bicyclic) bond motifs is 3. The summed E-state index contributed by atoms with van der Waals surface area (Å²) in [4.78, 5) is 5.33. The van der Waals surface area contributed by atoms with Gasteiger partial charge in [-0.05, 0) is 74.2 Å². The molecule has 1 aromatic heterocycles. The zero-order chi connectivity index (χ0) is 30.9. The molecule has 46 heavy (non-hydrogen) atoms. The minimum Gasteiger partial charge on any atom is -0.247 e.